The van der Waals surface area contributed by atoms with Crippen LogP contribution in [0.2, 0.25) is 0 Å². The summed E-state index contributed by atoms with van der Waals surface area (Å²) < 4.78 is 19.3. The average Bonchev–Trinajstić information content (AvgIpc) is 3.16. The summed E-state index contributed by atoms with van der Waals surface area (Å²) in [4.78, 5) is 19.3. The van der Waals surface area contributed by atoms with Crippen LogP contribution in [0.5, 0.6) is 5.75 Å². The lowest BCUT2D eigenvalue weighted by Crippen LogP contribution is -1.98. The van der Waals surface area contributed by atoms with Crippen LogP contribution >= 0.6 is 11.8 Å². The maximum Gasteiger partial charge on any atom is 0.342 e. The number of halogens is 1. The molecule has 0 saturated heterocycles. The van der Waals surface area contributed by atoms with Crippen LogP contribution in [0, 0.1) is 5.82 Å². The fourth-order valence-corrected chi connectivity index (χ4v) is 3.60. The van der Waals surface area contributed by atoms with Gasteiger partial charge >= 0.3 is 5.97 Å². The molecule has 7 heteroatoms. The molecule has 1 heterocycles. The van der Waals surface area contributed by atoms with Crippen molar-refractivity contribution in [1.82, 2.24) is 9.97 Å². The van der Waals surface area contributed by atoms with Gasteiger partial charge in [0, 0.05) is 5.56 Å². The Balaban J connectivity index is 1.47. The second-order valence-electron chi connectivity index (χ2n) is 6.42. The second-order valence-corrected chi connectivity index (χ2v) is 7.45. The number of aromatic nitrogens is 2. The van der Waals surface area contributed by atoms with E-state index in [1.165, 1.54) is 6.07 Å². The van der Waals surface area contributed by atoms with E-state index in [0.29, 0.717) is 22.0 Å². The molecule has 0 aliphatic rings. The van der Waals surface area contributed by atoms with Gasteiger partial charge in [-0.05, 0) is 53.7 Å². The highest BCUT2D eigenvalue weighted by Gasteiger charge is 2.13. The maximum absolute atomic E-state index is 13.7. The second kappa shape index (κ2) is 8.84. The van der Waals surface area contributed by atoms with Crippen LogP contribution < -0.4 is 4.74 Å². The Morgan fingerprint density at radius 2 is 1.80 bits per heavy atom. The number of carboxylic acids is 1. The lowest BCUT2D eigenvalue weighted by atomic mass is 10.2. The number of nitrogens with one attached hydrogen (secondary N) is 1. The van der Waals surface area contributed by atoms with Gasteiger partial charge < -0.3 is 14.8 Å². The third-order valence-electron chi connectivity index (χ3n) is 4.32. The molecule has 0 atom stereocenters. The SMILES string of the molecule is O=C(O)/C(=C/c1ccc(OCc2ccccc2F)cc1)Sc1nc2ccccc2[nH]1. The number of ether oxygens (including phenoxy) is 1. The number of aromatic amines is 1. The number of para-hydroxylation sites is 2. The zero-order valence-corrected chi connectivity index (χ0v) is 16.5. The first kappa shape index (κ1) is 19.7. The number of carbonyl (C=O) groups is 1. The summed E-state index contributed by atoms with van der Waals surface area (Å²) in [7, 11) is 0. The number of aliphatic carboxylic acids is 1. The van der Waals surface area contributed by atoms with Crippen LogP contribution in [0.1, 0.15) is 11.1 Å². The van der Waals surface area contributed by atoms with Gasteiger partial charge in [0.05, 0.1) is 11.0 Å². The number of rotatable bonds is 7. The molecule has 1 aromatic heterocycles. The lowest BCUT2D eigenvalue weighted by Gasteiger charge is -2.07. The molecule has 0 aliphatic carbocycles. The van der Waals surface area contributed by atoms with Crippen molar-refractivity contribution < 1.29 is 19.0 Å². The van der Waals surface area contributed by atoms with Crippen molar-refractivity contribution in [1.29, 1.82) is 0 Å². The smallest absolute Gasteiger partial charge is 0.342 e. The summed E-state index contributed by atoms with van der Waals surface area (Å²) in [6.07, 6.45) is 1.57. The van der Waals surface area contributed by atoms with E-state index < -0.39 is 5.97 Å². The molecule has 4 rings (SSSR count). The van der Waals surface area contributed by atoms with Gasteiger partial charge in [0.2, 0.25) is 0 Å². The van der Waals surface area contributed by atoms with Crippen LogP contribution in [-0.4, -0.2) is 21.0 Å². The van der Waals surface area contributed by atoms with Crippen molar-refractivity contribution in [2.45, 2.75) is 11.8 Å². The Kier molecular flexibility index (Phi) is 5.81. The predicted molar refractivity (Wildman–Crippen MR) is 115 cm³/mol. The molecule has 0 fully saturated rings. The molecule has 0 aliphatic heterocycles. The molecule has 2 N–H and O–H groups in total. The minimum atomic E-state index is -1.04. The van der Waals surface area contributed by atoms with Crippen LogP contribution in [0.25, 0.3) is 17.1 Å². The third kappa shape index (κ3) is 4.69. The normalized spacial score (nSPS) is 11.6. The van der Waals surface area contributed by atoms with Gasteiger partial charge in [-0.1, -0.05) is 42.5 Å². The molecule has 150 valence electrons. The minimum Gasteiger partial charge on any atom is -0.489 e. The first-order chi connectivity index (χ1) is 14.6. The van der Waals surface area contributed by atoms with Crippen molar-refractivity contribution >= 4 is 34.8 Å². The van der Waals surface area contributed by atoms with Gasteiger partial charge in [-0.25, -0.2) is 14.2 Å². The lowest BCUT2D eigenvalue weighted by molar-refractivity contribution is -0.131. The van der Waals surface area contributed by atoms with Crippen LogP contribution in [-0.2, 0) is 11.4 Å². The van der Waals surface area contributed by atoms with Crippen LogP contribution in [0.15, 0.2) is 82.9 Å². The average molecular weight is 420 g/mol. The van der Waals surface area contributed by atoms with Crippen molar-refractivity contribution in [2.75, 3.05) is 0 Å². The molecule has 30 heavy (non-hydrogen) atoms. The topological polar surface area (TPSA) is 75.2 Å². The molecular weight excluding hydrogens is 403 g/mol. The Hall–Kier alpha value is -3.58. The van der Waals surface area contributed by atoms with Gasteiger partial charge in [-0.2, -0.15) is 0 Å². The van der Waals surface area contributed by atoms with Crippen molar-refractivity contribution in [2.24, 2.45) is 0 Å². The fraction of sp³-hybridized carbons (Fsp3) is 0.0435. The molecule has 3 aromatic carbocycles. The number of carboxylic acid groups (broad SMARTS) is 1. The van der Waals surface area contributed by atoms with E-state index >= 15 is 0 Å². The molecule has 0 saturated carbocycles. The molecule has 0 unspecified atom stereocenters. The zero-order chi connectivity index (χ0) is 20.9. The van der Waals surface area contributed by atoms with Gasteiger partial charge in [-0.15, -0.1) is 0 Å². The summed E-state index contributed by atoms with van der Waals surface area (Å²) in [6, 6.07) is 20.9. The van der Waals surface area contributed by atoms with Gasteiger partial charge in [0.25, 0.3) is 0 Å². The summed E-state index contributed by atoms with van der Waals surface area (Å²) in [6.45, 7) is 0.115. The Morgan fingerprint density at radius 1 is 1.07 bits per heavy atom. The third-order valence-corrected chi connectivity index (χ3v) is 5.21. The van der Waals surface area contributed by atoms with Gasteiger partial charge in [0.15, 0.2) is 5.16 Å². The quantitative estimate of drug-likeness (QED) is 0.305. The highest BCUT2D eigenvalue weighted by atomic mass is 32.2. The van der Waals surface area contributed by atoms with Gasteiger partial charge in [-0.3, -0.25) is 0 Å². The maximum atomic E-state index is 13.7. The summed E-state index contributed by atoms with van der Waals surface area (Å²) in [5, 5.41) is 10.1. The molecule has 4 aromatic rings. The van der Waals surface area contributed by atoms with E-state index in [0.717, 1.165) is 22.8 Å². The first-order valence-corrected chi connectivity index (χ1v) is 9.94. The number of hydrogen-bond donors (Lipinski definition) is 2. The number of fused-ring (bicyclic) bond motifs is 1. The summed E-state index contributed by atoms with van der Waals surface area (Å²) in [5.74, 6) is -0.789. The van der Waals surface area contributed by atoms with Crippen LogP contribution in [0.4, 0.5) is 4.39 Å². The molecular formula is C23H17FN2O3S. The number of hydrogen-bond acceptors (Lipinski definition) is 4. The standard InChI is InChI=1S/C23H17FN2O3S/c24-18-6-2-1-5-16(18)14-29-17-11-9-15(10-12-17)13-21(22(27)28)30-23-25-19-7-3-4-8-20(19)26-23/h1-13H,14H2,(H,25,26)(H,27,28)/b21-13-. The summed E-state index contributed by atoms with van der Waals surface area (Å²) in [5.41, 5.74) is 2.80. The minimum absolute atomic E-state index is 0.115. The Morgan fingerprint density at radius 3 is 2.53 bits per heavy atom. The molecule has 0 bridgehead atoms. The number of thioether (sulfide) groups is 1. The molecule has 0 spiro atoms. The van der Waals surface area contributed by atoms with E-state index in [2.05, 4.69) is 9.97 Å². The molecule has 0 amide bonds. The highest BCUT2D eigenvalue weighted by Crippen LogP contribution is 2.28. The molecule has 0 radical (unpaired) electrons. The number of imidazole rings is 1. The van der Waals surface area contributed by atoms with Crippen molar-refractivity contribution in [3.63, 3.8) is 0 Å². The van der Waals surface area contributed by atoms with E-state index in [1.807, 2.05) is 24.3 Å². The number of nitrogens with zero attached hydrogens (tertiary/aromatic N) is 1. The number of H-pyrrole nitrogens is 1. The monoisotopic (exact) mass is 420 g/mol. The van der Waals surface area contributed by atoms with E-state index in [1.54, 1.807) is 48.5 Å². The molecule has 5 nitrogen and oxygen atoms in total. The van der Waals surface area contributed by atoms with Crippen molar-refractivity contribution in [3.8, 4) is 5.75 Å². The van der Waals surface area contributed by atoms with Crippen molar-refractivity contribution in [3.05, 3.63) is 94.6 Å². The van der Waals surface area contributed by atoms with Crippen LogP contribution in [0.3, 0.4) is 0 Å². The zero-order valence-electron chi connectivity index (χ0n) is 15.7. The van der Waals surface area contributed by atoms with E-state index in [9.17, 15) is 14.3 Å². The fourth-order valence-electron chi connectivity index (χ4n) is 2.80. The number of benzene rings is 3. The Bertz CT molecular complexity index is 1190. The Labute approximate surface area is 176 Å². The van der Waals surface area contributed by atoms with E-state index in [4.69, 9.17) is 4.74 Å². The van der Waals surface area contributed by atoms with E-state index in [-0.39, 0.29) is 17.3 Å². The first-order valence-electron chi connectivity index (χ1n) is 9.12. The largest absolute Gasteiger partial charge is 0.489 e. The predicted octanol–water partition coefficient (Wildman–Crippen LogP) is 5.50. The van der Waals surface area contributed by atoms with Gasteiger partial charge in [0.1, 0.15) is 23.1 Å². The highest BCUT2D eigenvalue weighted by molar-refractivity contribution is 8.04. The summed E-state index contributed by atoms with van der Waals surface area (Å²) >= 11 is 1.05.